The van der Waals surface area contributed by atoms with Crippen molar-refractivity contribution in [3.05, 3.63) is 23.8 Å². The van der Waals surface area contributed by atoms with Gasteiger partial charge >= 0.3 is 0 Å². The van der Waals surface area contributed by atoms with Gasteiger partial charge in [-0.15, -0.1) is 0 Å². The minimum Gasteiger partial charge on any atom is -0.490 e. The lowest BCUT2D eigenvalue weighted by molar-refractivity contribution is 0.271. The van der Waals surface area contributed by atoms with E-state index < -0.39 is 0 Å². The molecule has 1 N–H and O–H groups in total. The molecular weight excluding hydrogens is 248 g/mol. The minimum atomic E-state index is 0.773. The summed E-state index contributed by atoms with van der Waals surface area (Å²) < 4.78 is 5.61. The molecule has 0 radical (unpaired) electrons. The molecule has 1 aromatic carbocycles. The SMILES string of the molecule is CCCN(CCC)CCCc1ccc2c(c1)NCCO2. The van der Waals surface area contributed by atoms with Crippen LogP contribution in [0.4, 0.5) is 5.69 Å². The Hall–Kier alpha value is -1.22. The van der Waals surface area contributed by atoms with Gasteiger partial charge in [0.2, 0.25) is 0 Å². The van der Waals surface area contributed by atoms with Crippen molar-refractivity contribution in [3.63, 3.8) is 0 Å². The molecule has 0 bridgehead atoms. The highest BCUT2D eigenvalue weighted by molar-refractivity contribution is 5.59. The molecule has 0 aliphatic carbocycles. The Morgan fingerprint density at radius 3 is 2.70 bits per heavy atom. The summed E-state index contributed by atoms with van der Waals surface area (Å²) in [6.45, 7) is 9.88. The van der Waals surface area contributed by atoms with Gasteiger partial charge in [-0.3, -0.25) is 0 Å². The van der Waals surface area contributed by atoms with E-state index in [4.69, 9.17) is 4.74 Å². The summed E-state index contributed by atoms with van der Waals surface area (Å²) in [4.78, 5) is 2.58. The molecule has 0 saturated heterocycles. The second-order valence-corrected chi connectivity index (χ2v) is 5.55. The Balaban J connectivity index is 1.81. The van der Waals surface area contributed by atoms with E-state index in [-0.39, 0.29) is 0 Å². The number of rotatable bonds is 8. The van der Waals surface area contributed by atoms with Crippen molar-refractivity contribution < 1.29 is 4.74 Å². The molecule has 0 amide bonds. The van der Waals surface area contributed by atoms with Crippen LogP contribution in [-0.2, 0) is 6.42 Å². The Morgan fingerprint density at radius 2 is 1.95 bits per heavy atom. The maximum Gasteiger partial charge on any atom is 0.142 e. The maximum absolute atomic E-state index is 5.61. The van der Waals surface area contributed by atoms with Crippen molar-refractivity contribution >= 4 is 5.69 Å². The van der Waals surface area contributed by atoms with Crippen LogP contribution in [0.25, 0.3) is 0 Å². The number of aryl methyl sites for hydroxylation is 1. The topological polar surface area (TPSA) is 24.5 Å². The molecule has 1 heterocycles. The molecule has 0 unspecified atom stereocenters. The lowest BCUT2D eigenvalue weighted by Crippen LogP contribution is -2.26. The van der Waals surface area contributed by atoms with E-state index in [2.05, 4.69) is 42.3 Å². The van der Waals surface area contributed by atoms with Crippen molar-refractivity contribution in [3.8, 4) is 5.75 Å². The molecule has 0 fully saturated rings. The van der Waals surface area contributed by atoms with E-state index in [1.807, 2.05) is 0 Å². The predicted octanol–water partition coefficient (Wildman–Crippen LogP) is 3.55. The van der Waals surface area contributed by atoms with Gasteiger partial charge in [-0.2, -0.15) is 0 Å². The zero-order valence-corrected chi connectivity index (χ0v) is 13.0. The van der Waals surface area contributed by atoms with E-state index in [0.29, 0.717) is 0 Å². The fourth-order valence-corrected chi connectivity index (χ4v) is 2.82. The Morgan fingerprint density at radius 1 is 1.15 bits per heavy atom. The fraction of sp³-hybridized carbons (Fsp3) is 0.647. The molecule has 0 aromatic heterocycles. The van der Waals surface area contributed by atoms with Crippen LogP contribution in [0.15, 0.2) is 18.2 Å². The Bertz CT molecular complexity index is 400. The van der Waals surface area contributed by atoms with E-state index in [9.17, 15) is 0 Å². The normalized spacial score (nSPS) is 13.8. The van der Waals surface area contributed by atoms with Gasteiger partial charge in [0.15, 0.2) is 0 Å². The third-order valence-electron chi connectivity index (χ3n) is 3.74. The second kappa shape index (κ2) is 8.15. The highest BCUT2D eigenvalue weighted by Crippen LogP contribution is 2.28. The first-order valence-corrected chi connectivity index (χ1v) is 8.05. The molecular formula is C17H28N2O. The van der Waals surface area contributed by atoms with Gasteiger partial charge in [-0.25, -0.2) is 0 Å². The average Bonchev–Trinajstić information content (AvgIpc) is 2.47. The van der Waals surface area contributed by atoms with Crippen LogP contribution in [0, 0.1) is 0 Å². The van der Waals surface area contributed by atoms with Crippen LogP contribution in [0.2, 0.25) is 0 Å². The minimum absolute atomic E-state index is 0.773. The van der Waals surface area contributed by atoms with Crippen molar-refractivity contribution in [1.29, 1.82) is 0 Å². The lowest BCUT2D eigenvalue weighted by atomic mass is 10.1. The van der Waals surface area contributed by atoms with Gasteiger partial charge in [-0.05, 0) is 63.0 Å². The van der Waals surface area contributed by atoms with Crippen molar-refractivity contribution in [1.82, 2.24) is 4.90 Å². The van der Waals surface area contributed by atoms with Gasteiger partial charge in [0.05, 0.1) is 5.69 Å². The van der Waals surface area contributed by atoms with Gasteiger partial charge in [-0.1, -0.05) is 19.9 Å². The third-order valence-corrected chi connectivity index (χ3v) is 3.74. The smallest absolute Gasteiger partial charge is 0.142 e. The maximum atomic E-state index is 5.61. The van der Waals surface area contributed by atoms with E-state index in [0.717, 1.165) is 31.0 Å². The summed E-state index contributed by atoms with van der Waals surface area (Å²) in [5, 5.41) is 3.41. The van der Waals surface area contributed by atoms with E-state index >= 15 is 0 Å². The van der Waals surface area contributed by atoms with E-state index in [1.54, 1.807) is 0 Å². The fourth-order valence-electron chi connectivity index (χ4n) is 2.82. The van der Waals surface area contributed by atoms with Crippen LogP contribution in [-0.4, -0.2) is 37.7 Å². The zero-order chi connectivity index (χ0) is 14.2. The van der Waals surface area contributed by atoms with Gasteiger partial charge in [0.1, 0.15) is 12.4 Å². The molecule has 112 valence electrons. The quantitative estimate of drug-likeness (QED) is 0.786. The number of ether oxygens (including phenoxy) is 1. The van der Waals surface area contributed by atoms with Gasteiger partial charge in [0, 0.05) is 6.54 Å². The Kier molecular flexibility index (Phi) is 6.19. The standard InChI is InChI=1S/C17H28N2O/c1-3-10-19(11-4-2)12-5-6-15-7-8-17-16(14-15)18-9-13-20-17/h7-8,14,18H,3-6,9-13H2,1-2H3. The van der Waals surface area contributed by atoms with Crippen LogP contribution >= 0.6 is 0 Å². The number of nitrogens with one attached hydrogen (secondary N) is 1. The molecule has 0 atom stereocenters. The Labute approximate surface area is 123 Å². The number of benzene rings is 1. The molecule has 2 rings (SSSR count). The van der Waals surface area contributed by atoms with Crippen LogP contribution < -0.4 is 10.1 Å². The number of hydrogen-bond acceptors (Lipinski definition) is 3. The second-order valence-electron chi connectivity index (χ2n) is 5.55. The predicted molar refractivity (Wildman–Crippen MR) is 85.8 cm³/mol. The monoisotopic (exact) mass is 276 g/mol. The average molecular weight is 276 g/mol. The first-order chi connectivity index (χ1) is 9.83. The molecule has 0 spiro atoms. The molecule has 3 nitrogen and oxygen atoms in total. The van der Waals surface area contributed by atoms with Gasteiger partial charge < -0.3 is 15.0 Å². The lowest BCUT2D eigenvalue weighted by Gasteiger charge is -2.21. The molecule has 1 aromatic rings. The summed E-state index contributed by atoms with van der Waals surface area (Å²) >= 11 is 0. The summed E-state index contributed by atoms with van der Waals surface area (Å²) in [5.41, 5.74) is 2.57. The third kappa shape index (κ3) is 4.41. The van der Waals surface area contributed by atoms with Gasteiger partial charge in [0.25, 0.3) is 0 Å². The van der Waals surface area contributed by atoms with Crippen LogP contribution in [0.3, 0.4) is 0 Å². The summed E-state index contributed by atoms with van der Waals surface area (Å²) in [7, 11) is 0. The summed E-state index contributed by atoms with van der Waals surface area (Å²) in [5.74, 6) is 0.999. The number of nitrogens with zero attached hydrogens (tertiary/aromatic N) is 1. The zero-order valence-electron chi connectivity index (χ0n) is 13.0. The number of hydrogen-bond donors (Lipinski definition) is 1. The summed E-state index contributed by atoms with van der Waals surface area (Å²) in [6, 6.07) is 6.56. The first-order valence-electron chi connectivity index (χ1n) is 8.05. The highest BCUT2D eigenvalue weighted by atomic mass is 16.5. The highest BCUT2D eigenvalue weighted by Gasteiger charge is 2.10. The molecule has 1 aliphatic rings. The van der Waals surface area contributed by atoms with Crippen molar-refractivity contribution in [2.75, 3.05) is 38.1 Å². The first kappa shape index (κ1) is 15.2. The summed E-state index contributed by atoms with van der Waals surface area (Å²) in [6.07, 6.45) is 4.89. The molecule has 20 heavy (non-hydrogen) atoms. The van der Waals surface area contributed by atoms with Crippen LogP contribution in [0.5, 0.6) is 5.75 Å². The largest absolute Gasteiger partial charge is 0.490 e. The van der Waals surface area contributed by atoms with Crippen molar-refractivity contribution in [2.24, 2.45) is 0 Å². The van der Waals surface area contributed by atoms with Crippen molar-refractivity contribution in [2.45, 2.75) is 39.5 Å². The number of fused-ring (bicyclic) bond motifs is 1. The van der Waals surface area contributed by atoms with Crippen LogP contribution in [0.1, 0.15) is 38.7 Å². The molecule has 0 saturated carbocycles. The van der Waals surface area contributed by atoms with E-state index in [1.165, 1.54) is 44.5 Å². The number of anilines is 1. The molecule has 1 aliphatic heterocycles. The molecule has 3 heteroatoms.